The van der Waals surface area contributed by atoms with E-state index in [1.807, 2.05) is 4.68 Å². The third-order valence-corrected chi connectivity index (χ3v) is 3.68. The van der Waals surface area contributed by atoms with E-state index in [4.69, 9.17) is 4.74 Å². The van der Waals surface area contributed by atoms with E-state index in [1.54, 1.807) is 19.8 Å². The predicted octanol–water partition coefficient (Wildman–Crippen LogP) is 1.42. The lowest BCUT2D eigenvalue weighted by Gasteiger charge is -2.32. The molecule has 18 heavy (non-hydrogen) atoms. The van der Waals surface area contributed by atoms with Gasteiger partial charge in [-0.15, -0.1) is 0 Å². The summed E-state index contributed by atoms with van der Waals surface area (Å²) in [6.45, 7) is 5.40. The zero-order valence-corrected chi connectivity index (χ0v) is 11.3. The Bertz CT molecular complexity index is 315. The normalized spacial score (nSPS) is 21.3. The van der Waals surface area contributed by atoms with Crippen LogP contribution in [-0.2, 0) is 11.3 Å². The van der Waals surface area contributed by atoms with Crippen molar-refractivity contribution in [3.63, 3.8) is 0 Å². The van der Waals surface area contributed by atoms with E-state index >= 15 is 0 Å². The Morgan fingerprint density at radius 1 is 1.39 bits per heavy atom. The summed E-state index contributed by atoms with van der Waals surface area (Å²) in [6, 6.07) is 0. The molecule has 1 aliphatic rings. The molecule has 2 rings (SSSR count). The SMILES string of the molecule is COCCC[C@@H]1CCCN(CCn2cncn2)C1. The second kappa shape index (κ2) is 7.48. The van der Waals surface area contributed by atoms with Crippen LogP contribution < -0.4 is 0 Å². The zero-order valence-electron chi connectivity index (χ0n) is 11.3. The van der Waals surface area contributed by atoms with Gasteiger partial charge in [-0.1, -0.05) is 0 Å². The van der Waals surface area contributed by atoms with Crippen molar-refractivity contribution < 1.29 is 4.74 Å². The maximum Gasteiger partial charge on any atom is 0.137 e. The molecule has 1 saturated heterocycles. The van der Waals surface area contributed by atoms with Crippen molar-refractivity contribution in [1.82, 2.24) is 19.7 Å². The molecule has 0 bridgehead atoms. The number of likely N-dealkylation sites (tertiary alicyclic amines) is 1. The highest BCUT2D eigenvalue weighted by Gasteiger charge is 2.19. The second-order valence-electron chi connectivity index (χ2n) is 5.10. The van der Waals surface area contributed by atoms with Crippen molar-refractivity contribution in [1.29, 1.82) is 0 Å². The summed E-state index contributed by atoms with van der Waals surface area (Å²) >= 11 is 0. The summed E-state index contributed by atoms with van der Waals surface area (Å²) in [4.78, 5) is 6.53. The topological polar surface area (TPSA) is 43.2 Å². The minimum absolute atomic E-state index is 0.852. The van der Waals surface area contributed by atoms with Gasteiger partial charge in [-0.3, -0.25) is 4.68 Å². The van der Waals surface area contributed by atoms with Crippen molar-refractivity contribution in [2.24, 2.45) is 5.92 Å². The van der Waals surface area contributed by atoms with Gasteiger partial charge in [0, 0.05) is 26.8 Å². The van der Waals surface area contributed by atoms with Crippen LogP contribution in [0.5, 0.6) is 0 Å². The van der Waals surface area contributed by atoms with E-state index in [2.05, 4.69) is 15.0 Å². The van der Waals surface area contributed by atoms with Gasteiger partial charge in [-0.25, -0.2) is 4.98 Å². The molecule has 5 heteroatoms. The minimum atomic E-state index is 0.852. The second-order valence-corrected chi connectivity index (χ2v) is 5.10. The van der Waals surface area contributed by atoms with Gasteiger partial charge < -0.3 is 9.64 Å². The van der Waals surface area contributed by atoms with E-state index in [1.165, 1.54) is 38.8 Å². The first-order chi connectivity index (χ1) is 8.88. The summed E-state index contributed by atoms with van der Waals surface area (Å²) in [5, 5.41) is 4.14. The van der Waals surface area contributed by atoms with Crippen LogP contribution in [0.15, 0.2) is 12.7 Å². The summed E-state index contributed by atoms with van der Waals surface area (Å²) < 4.78 is 7.04. The molecular formula is C13H24N4O. The molecule has 1 atom stereocenters. The number of aromatic nitrogens is 3. The molecule has 0 spiro atoms. The third-order valence-electron chi connectivity index (χ3n) is 3.68. The fraction of sp³-hybridized carbons (Fsp3) is 0.846. The molecule has 0 unspecified atom stereocenters. The maximum absolute atomic E-state index is 5.12. The van der Waals surface area contributed by atoms with Crippen molar-refractivity contribution in [2.75, 3.05) is 33.4 Å². The van der Waals surface area contributed by atoms with Gasteiger partial charge >= 0.3 is 0 Å². The lowest BCUT2D eigenvalue weighted by Crippen LogP contribution is -2.37. The Morgan fingerprint density at radius 2 is 2.33 bits per heavy atom. The lowest BCUT2D eigenvalue weighted by atomic mass is 9.93. The van der Waals surface area contributed by atoms with Gasteiger partial charge in [-0.2, -0.15) is 5.10 Å². The number of methoxy groups -OCH3 is 1. The van der Waals surface area contributed by atoms with E-state index < -0.39 is 0 Å². The molecule has 1 fully saturated rings. The van der Waals surface area contributed by atoms with Crippen molar-refractivity contribution in [3.05, 3.63) is 12.7 Å². The molecule has 2 heterocycles. The van der Waals surface area contributed by atoms with E-state index in [0.29, 0.717) is 0 Å². The van der Waals surface area contributed by atoms with Crippen molar-refractivity contribution in [2.45, 2.75) is 32.2 Å². The zero-order chi connectivity index (χ0) is 12.6. The molecule has 0 saturated carbocycles. The Hall–Kier alpha value is -0.940. The van der Waals surface area contributed by atoms with E-state index in [9.17, 15) is 0 Å². The average Bonchev–Trinajstić information content (AvgIpc) is 2.90. The molecule has 0 aliphatic carbocycles. The van der Waals surface area contributed by atoms with E-state index in [0.717, 1.165) is 25.6 Å². The fourth-order valence-electron chi connectivity index (χ4n) is 2.70. The number of hydrogen-bond donors (Lipinski definition) is 0. The van der Waals surface area contributed by atoms with Gasteiger partial charge in [0.2, 0.25) is 0 Å². The monoisotopic (exact) mass is 252 g/mol. The first kappa shape index (κ1) is 13.5. The van der Waals surface area contributed by atoms with Crippen LogP contribution in [0.3, 0.4) is 0 Å². The summed E-state index contributed by atoms with van der Waals surface area (Å²) in [7, 11) is 1.78. The minimum Gasteiger partial charge on any atom is -0.385 e. The van der Waals surface area contributed by atoms with Gasteiger partial charge in [-0.05, 0) is 38.1 Å². The Kier molecular flexibility index (Phi) is 5.61. The summed E-state index contributed by atoms with van der Waals surface area (Å²) in [5.74, 6) is 0.852. The summed E-state index contributed by atoms with van der Waals surface area (Å²) in [6.07, 6.45) is 8.59. The van der Waals surface area contributed by atoms with Crippen LogP contribution in [0, 0.1) is 5.92 Å². The fourth-order valence-corrected chi connectivity index (χ4v) is 2.70. The summed E-state index contributed by atoms with van der Waals surface area (Å²) in [5.41, 5.74) is 0. The smallest absolute Gasteiger partial charge is 0.137 e. The molecule has 1 aliphatic heterocycles. The molecule has 0 radical (unpaired) electrons. The molecule has 1 aromatic heterocycles. The standard InChI is InChI=1S/C13H24N4O/c1-18-9-3-5-13-4-2-6-16(10-13)7-8-17-12-14-11-15-17/h11-13H,2-10H2,1H3/t13-/m0/s1. The van der Waals surface area contributed by atoms with Crippen LogP contribution in [0.2, 0.25) is 0 Å². The van der Waals surface area contributed by atoms with Crippen LogP contribution in [-0.4, -0.2) is 53.0 Å². The number of nitrogens with zero attached hydrogens (tertiary/aromatic N) is 4. The van der Waals surface area contributed by atoms with Gasteiger partial charge in [0.1, 0.15) is 12.7 Å². The first-order valence-corrected chi connectivity index (χ1v) is 6.92. The number of hydrogen-bond acceptors (Lipinski definition) is 4. The van der Waals surface area contributed by atoms with Crippen molar-refractivity contribution in [3.8, 4) is 0 Å². The van der Waals surface area contributed by atoms with E-state index in [-0.39, 0.29) is 0 Å². The van der Waals surface area contributed by atoms with Gasteiger partial charge in [0.05, 0.1) is 6.54 Å². The van der Waals surface area contributed by atoms with Crippen LogP contribution in [0.25, 0.3) is 0 Å². The largest absolute Gasteiger partial charge is 0.385 e. The Balaban J connectivity index is 1.66. The molecule has 5 nitrogen and oxygen atoms in total. The number of ether oxygens (including phenoxy) is 1. The molecule has 1 aromatic rings. The highest BCUT2D eigenvalue weighted by molar-refractivity contribution is 4.73. The van der Waals surface area contributed by atoms with Gasteiger partial charge in [0.25, 0.3) is 0 Å². The Labute approximate surface area is 109 Å². The van der Waals surface area contributed by atoms with Crippen molar-refractivity contribution >= 4 is 0 Å². The average molecular weight is 252 g/mol. The number of piperidine rings is 1. The Morgan fingerprint density at radius 3 is 3.11 bits per heavy atom. The quantitative estimate of drug-likeness (QED) is 0.688. The van der Waals surface area contributed by atoms with Crippen LogP contribution in [0.1, 0.15) is 25.7 Å². The van der Waals surface area contributed by atoms with Gasteiger partial charge in [0.15, 0.2) is 0 Å². The molecule has 0 N–H and O–H groups in total. The number of rotatable bonds is 7. The van der Waals surface area contributed by atoms with Crippen LogP contribution in [0.4, 0.5) is 0 Å². The highest BCUT2D eigenvalue weighted by atomic mass is 16.5. The molecular weight excluding hydrogens is 228 g/mol. The first-order valence-electron chi connectivity index (χ1n) is 6.92. The third kappa shape index (κ3) is 4.38. The predicted molar refractivity (Wildman–Crippen MR) is 70.3 cm³/mol. The molecule has 102 valence electrons. The highest BCUT2D eigenvalue weighted by Crippen LogP contribution is 2.20. The molecule has 0 aromatic carbocycles. The molecule has 0 amide bonds. The maximum atomic E-state index is 5.12. The lowest BCUT2D eigenvalue weighted by molar-refractivity contribution is 0.143. The van der Waals surface area contributed by atoms with Crippen LogP contribution >= 0.6 is 0 Å².